The molecule has 1 aliphatic heterocycles. The Morgan fingerprint density at radius 2 is 2.29 bits per heavy atom. The molecule has 110 valence electrons. The molecule has 0 radical (unpaired) electrons. The second kappa shape index (κ2) is 6.18. The van der Waals surface area contributed by atoms with Crippen molar-refractivity contribution in [2.75, 3.05) is 23.3 Å². The zero-order chi connectivity index (χ0) is 14.7. The summed E-state index contributed by atoms with van der Waals surface area (Å²) in [5.41, 5.74) is 1.99. The largest absolute Gasteiger partial charge is 0.377 e. The van der Waals surface area contributed by atoms with Crippen molar-refractivity contribution in [3.05, 3.63) is 46.7 Å². The van der Waals surface area contributed by atoms with Gasteiger partial charge in [0.05, 0.1) is 6.04 Å². The van der Waals surface area contributed by atoms with Crippen LogP contribution in [0.2, 0.25) is 0 Å². The molecule has 1 unspecified atom stereocenters. The average Bonchev–Trinajstić information content (AvgIpc) is 3.16. The van der Waals surface area contributed by atoms with Crippen molar-refractivity contribution in [2.45, 2.75) is 19.4 Å². The van der Waals surface area contributed by atoms with E-state index in [1.54, 1.807) is 16.2 Å². The summed E-state index contributed by atoms with van der Waals surface area (Å²) < 4.78 is 0. The van der Waals surface area contributed by atoms with E-state index in [4.69, 9.17) is 0 Å². The molecule has 0 aliphatic carbocycles. The summed E-state index contributed by atoms with van der Waals surface area (Å²) in [4.78, 5) is 14.9. The number of hydrogen-bond donors (Lipinski definition) is 2. The molecule has 2 aromatic rings. The van der Waals surface area contributed by atoms with Crippen LogP contribution < -0.4 is 15.5 Å². The molecule has 2 N–H and O–H groups in total. The molecular weight excluding hydrogens is 282 g/mol. The highest BCUT2D eigenvalue weighted by molar-refractivity contribution is 7.10. The summed E-state index contributed by atoms with van der Waals surface area (Å²) in [5.74, 6) is 0. The maximum absolute atomic E-state index is 11.7. The zero-order valence-corrected chi connectivity index (χ0v) is 12.8. The van der Waals surface area contributed by atoms with Gasteiger partial charge in [0, 0.05) is 29.3 Å². The number of benzene rings is 1. The lowest BCUT2D eigenvalue weighted by Gasteiger charge is -2.19. The summed E-state index contributed by atoms with van der Waals surface area (Å²) in [6, 6.07) is 12.6. The van der Waals surface area contributed by atoms with Crippen LogP contribution in [0.1, 0.15) is 24.3 Å². The first kappa shape index (κ1) is 13.9. The Labute approximate surface area is 128 Å². The molecule has 0 saturated carbocycles. The smallest absolute Gasteiger partial charge is 0.321 e. The second-order valence-electron chi connectivity index (χ2n) is 5.05. The molecule has 4 nitrogen and oxygen atoms in total. The molecule has 5 heteroatoms. The fraction of sp³-hybridized carbons (Fsp3) is 0.312. The minimum atomic E-state index is -0.0163. The van der Waals surface area contributed by atoms with E-state index in [-0.39, 0.29) is 6.03 Å². The Kier molecular flexibility index (Phi) is 4.10. The van der Waals surface area contributed by atoms with Crippen molar-refractivity contribution < 1.29 is 4.79 Å². The molecule has 21 heavy (non-hydrogen) atoms. The number of anilines is 2. The zero-order valence-electron chi connectivity index (χ0n) is 12.0. The molecule has 1 atom stereocenters. The van der Waals surface area contributed by atoms with E-state index in [0.29, 0.717) is 12.6 Å². The van der Waals surface area contributed by atoms with Crippen molar-refractivity contribution >= 4 is 28.7 Å². The Morgan fingerprint density at radius 3 is 2.95 bits per heavy atom. The standard InChI is InChI=1S/C16H19N3OS/c1-2-14(15-7-4-10-21-15)18-12-5-3-6-13(11-12)19-9-8-17-16(19)20/h3-7,10-11,14,18H,2,8-9H2,1H3,(H,17,20). The van der Waals surface area contributed by atoms with E-state index < -0.39 is 0 Å². The highest BCUT2D eigenvalue weighted by Crippen LogP contribution is 2.28. The highest BCUT2D eigenvalue weighted by atomic mass is 32.1. The minimum absolute atomic E-state index is 0.0163. The Bertz CT molecular complexity index is 612. The van der Waals surface area contributed by atoms with E-state index in [2.05, 4.69) is 35.1 Å². The molecule has 1 aromatic carbocycles. The van der Waals surface area contributed by atoms with Crippen molar-refractivity contribution in [1.29, 1.82) is 0 Å². The molecule has 3 rings (SSSR count). The molecule has 1 saturated heterocycles. The molecule has 0 bridgehead atoms. The van der Waals surface area contributed by atoms with Crippen LogP contribution in [-0.4, -0.2) is 19.1 Å². The van der Waals surface area contributed by atoms with Gasteiger partial charge in [-0.25, -0.2) is 4.79 Å². The lowest BCUT2D eigenvalue weighted by Crippen LogP contribution is -2.27. The van der Waals surface area contributed by atoms with E-state index in [9.17, 15) is 4.79 Å². The van der Waals surface area contributed by atoms with Crippen molar-refractivity contribution in [3.8, 4) is 0 Å². The first-order valence-electron chi connectivity index (χ1n) is 7.23. The summed E-state index contributed by atoms with van der Waals surface area (Å²) in [5, 5.41) is 8.49. The first-order chi connectivity index (χ1) is 10.3. The van der Waals surface area contributed by atoms with E-state index in [1.165, 1.54) is 4.88 Å². The summed E-state index contributed by atoms with van der Waals surface area (Å²) in [7, 11) is 0. The predicted molar refractivity (Wildman–Crippen MR) is 88.2 cm³/mol. The van der Waals surface area contributed by atoms with Gasteiger partial charge in [-0.3, -0.25) is 4.90 Å². The number of amides is 2. The monoisotopic (exact) mass is 301 g/mol. The summed E-state index contributed by atoms with van der Waals surface area (Å²) >= 11 is 1.77. The van der Waals surface area contributed by atoms with Gasteiger partial charge in [0.15, 0.2) is 0 Å². The third-order valence-electron chi connectivity index (χ3n) is 3.65. The topological polar surface area (TPSA) is 44.4 Å². The van der Waals surface area contributed by atoms with Crippen LogP contribution in [0.25, 0.3) is 0 Å². The van der Waals surface area contributed by atoms with Crippen molar-refractivity contribution in [1.82, 2.24) is 5.32 Å². The lowest BCUT2D eigenvalue weighted by atomic mass is 10.1. The normalized spacial score (nSPS) is 15.9. The number of thiophene rings is 1. The SMILES string of the molecule is CCC(Nc1cccc(N2CCNC2=O)c1)c1cccs1. The number of nitrogens with zero attached hydrogens (tertiary/aromatic N) is 1. The van der Waals surface area contributed by atoms with Gasteiger partial charge in [0.2, 0.25) is 0 Å². The molecule has 0 spiro atoms. The van der Waals surface area contributed by atoms with Gasteiger partial charge in [0.1, 0.15) is 0 Å². The number of carbonyl (C=O) groups excluding carboxylic acids is 1. The Balaban J connectivity index is 1.78. The quantitative estimate of drug-likeness (QED) is 0.881. The molecule has 2 amide bonds. The molecule has 1 aromatic heterocycles. The maximum Gasteiger partial charge on any atom is 0.321 e. The van der Waals surface area contributed by atoms with Gasteiger partial charge in [-0.2, -0.15) is 0 Å². The Hall–Kier alpha value is -2.01. The number of hydrogen-bond acceptors (Lipinski definition) is 3. The van der Waals surface area contributed by atoms with Crippen LogP contribution in [0, 0.1) is 0 Å². The third-order valence-corrected chi connectivity index (χ3v) is 4.64. The average molecular weight is 301 g/mol. The minimum Gasteiger partial charge on any atom is -0.377 e. The highest BCUT2D eigenvalue weighted by Gasteiger charge is 2.21. The van der Waals surface area contributed by atoms with Crippen LogP contribution >= 0.6 is 11.3 Å². The number of urea groups is 1. The van der Waals surface area contributed by atoms with Gasteiger partial charge < -0.3 is 10.6 Å². The predicted octanol–water partition coefficient (Wildman–Crippen LogP) is 3.84. The van der Waals surface area contributed by atoms with Crippen LogP contribution in [0.3, 0.4) is 0 Å². The van der Waals surface area contributed by atoms with E-state index in [1.807, 2.05) is 24.3 Å². The van der Waals surface area contributed by atoms with E-state index >= 15 is 0 Å². The van der Waals surface area contributed by atoms with Crippen LogP contribution in [0.5, 0.6) is 0 Å². The van der Waals surface area contributed by atoms with Crippen LogP contribution in [-0.2, 0) is 0 Å². The Morgan fingerprint density at radius 1 is 1.38 bits per heavy atom. The van der Waals surface area contributed by atoms with Crippen LogP contribution in [0.4, 0.5) is 16.2 Å². The maximum atomic E-state index is 11.7. The molecule has 1 fully saturated rings. The lowest BCUT2D eigenvalue weighted by molar-refractivity contribution is 0.252. The number of carbonyl (C=O) groups is 1. The fourth-order valence-corrected chi connectivity index (χ4v) is 3.41. The third kappa shape index (κ3) is 3.03. The number of rotatable bonds is 5. The van der Waals surface area contributed by atoms with E-state index in [0.717, 1.165) is 24.3 Å². The van der Waals surface area contributed by atoms with Gasteiger partial charge >= 0.3 is 6.03 Å². The van der Waals surface area contributed by atoms with Crippen molar-refractivity contribution in [3.63, 3.8) is 0 Å². The second-order valence-corrected chi connectivity index (χ2v) is 6.03. The molecule has 2 heterocycles. The molecule has 1 aliphatic rings. The summed E-state index contributed by atoms with van der Waals surface area (Å²) in [6.45, 7) is 3.61. The number of nitrogens with one attached hydrogen (secondary N) is 2. The van der Waals surface area contributed by atoms with Gasteiger partial charge in [-0.1, -0.05) is 19.1 Å². The fourth-order valence-electron chi connectivity index (χ4n) is 2.55. The molecular formula is C16H19N3OS. The first-order valence-corrected chi connectivity index (χ1v) is 8.11. The van der Waals surface area contributed by atoms with Gasteiger partial charge in [-0.05, 0) is 36.1 Å². The summed E-state index contributed by atoms with van der Waals surface area (Å²) in [6.07, 6.45) is 1.02. The van der Waals surface area contributed by atoms with Gasteiger partial charge in [0.25, 0.3) is 0 Å². The van der Waals surface area contributed by atoms with Crippen LogP contribution in [0.15, 0.2) is 41.8 Å². The van der Waals surface area contributed by atoms with Gasteiger partial charge in [-0.15, -0.1) is 11.3 Å². The van der Waals surface area contributed by atoms with Crippen molar-refractivity contribution in [2.24, 2.45) is 0 Å².